The van der Waals surface area contributed by atoms with E-state index in [4.69, 9.17) is 0 Å². The van der Waals surface area contributed by atoms with Gasteiger partial charge >= 0.3 is 0 Å². The minimum atomic E-state index is -0.205. The maximum absolute atomic E-state index is 9.79. The van der Waals surface area contributed by atoms with E-state index in [1.54, 1.807) is 0 Å². The summed E-state index contributed by atoms with van der Waals surface area (Å²) in [7, 11) is 0. The molecule has 0 amide bonds. The van der Waals surface area contributed by atoms with Gasteiger partial charge in [0.15, 0.2) is 0 Å². The molecule has 0 spiro atoms. The van der Waals surface area contributed by atoms with Gasteiger partial charge in [0.2, 0.25) is 0 Å². The van der Waals surface area contributed by atoms with Crippen LogP contribution < -0.4 is 0 Å². The van der Waals surface area contributed by atoms with Crippen molar-refractivity contribution >= 4 is 12.6 Å². The predicted octanol–water partition coefficient (Wildman–Crippen LogP) is 2.10. The molecule has 0 aliphatic heterocycles. The van der Waals surface area contributed by atoms with Crippen LogP contribution in [0.1, 0.15) is 33.6 Å². The zero-order valence-electron chi connectivity index (χ0n) is 8.04. The highest BCUT2D eigenvalue weighted by molar-refractivity contribution is 7.81. The number of rotatable bonds is 0. The molecule has 0 saturated heterocycles. The molecule has 0 unspecified atom stereocenters. The van der Waals surface area contributed by atoms with Crippen molar-refractivity contribution in [2.24, 2.45) is 17.3 Å². The van der Waals surface area contributed by atoms with Crippen molar-refractivity contribution in [3.63, 3.8) is 0 Å². The largest absolute Gasteiger partial charge is 0.392 e. The average Bonchev–Trinajstić information content (AvgIpc) is 2.37. The van der Waals surface area contributed by atoms with Crippen LogP contribution in [0.25, 0.3) is 0 Å². The van der Waals surface area contributed by atoms with Crippen molar-refractivity contribution in [2.75, 3.05) is 0 Å². The van der Waals surface area contributed by atoms with Crippen LogP contribution in [0.15, 0.2) is 0 Å². The molecule has 1 N–H and O–H groups in total. The molecule has 0 heterocycles. The summed E-state index contributed by atoms with van der Waals surface area (Å²) >= 11 is 4.53. The summed E-state index contributed by atoms with van der Waals surface area (Å²) in [5, 5.41) is 9.79. The third-order valence-electron chi connectivity index (χ3n) is 4.12. The smallest absolute Gasteiger partial charge is 0.0684 e. The minimum Gasteiger partial charge on any atom is -0.392 e. The van der Waals surface area contributed by atoms with Crippen LogP contribution >= 0.6 is 12.6 Å². The molecule has 0 aromatic rings. The van der Waals surface area contributed by atoms with E-state index < -0.39 is 0 Å². The Labute approximate surface area is 80.0 Å². The van der Waals surface area contributed by atoms with E-state index in [1.165, 1.54) is 0 Å². The summed E-state index contributed by atoms with van der Waals surface area (Å²) in [5.74, 6) is 1.57. The number of fused-ring (bicyclic) bond motifs is 1. The van der Waals surface area contributed by atoms with E-state index in [-0.39, 0.29) is 10.9 Å². The lowest BCUT2D eigenvalue weighted by molar-refractivity contribution is 0.0941. The number of aliphatic hydroxyl groups is 1. The summed E-state index contributed by atoms with van der Waals surface area (Å²) in [4.78, 5) is 0. The van der Waals surface area contributed by atoms with Crippen LogP contribution in [-0.4, -0.2) is 16.0 Å². The van der Waals surface area contributed by atoms with Crippen molar-refractivity contribution in [3.8, 4) is 0 Å². The van der Waals surface area contributed by atoms with E-state index in [1.807, 2.05) is 0 Å². The van der Waals surface area contributed by atoms with Gasteiger partial charge in [-0.15, -0.1) is 0 Å². The SMILES string of the molecule is CC1(C)[C@@H]2C[C@H](O)[C@](C)(S)C[C@@H]21. The molecule has 0 bridgehead atoms. The van der Waals surface area contributed by atoms with Crippen molar-refractivity contribution in [1.29, 1.82) is 0 Å². The van der Waals surface area contributed by atoms with E-state index in [9.17, 15) is 5.11 Å². The molecular weight excluding hydrogens is 168 g/mol. The van der Waals surface area contributed by atoms with Crippen molar-refractivity contribution in [1.82, 2.24) is 0 Å². The van der Waals surface area contributed by atoms with Gasteiger partial charge in [-0.1, -0.05) is 13.8 Å². The Hall–Kier alpha value is 0.310. The second-order valence-electron chi connectivity index (χ2n) is 5.35. The lowest BCUT2D eigenvalue weighted by Gasteiger charge is -2.33. The van der Waals surface area contributed by atoms with Gasteiger partial charge in [-0.05, 0) is 37.0 Å². The molecule has 0 aromatic carbocycles. The van der Waals surface area contributed by atoms with E-state index in [2.05, 4.69) is 33.4 Å². The first-order valence-corrected chi connectivity index (χ1v) is 5.21. The number of hydrogen-bond acceptors (Lipinski definition) is 2. The fourth-order valence-corrected chi connectivity index (χ4v) is 3.11. The Morgan fingerprint density at radius 2 is 1.83 bits per heavy atom. The van der Waals surface area contributed by atoms with Crippen LogP contribution in [0.2, 0.25) is 0 Å². The van der Waals surface area contributed by atoms with E-state index >= 15 is 0 Å². The molecule has 2 aliphatic carbocycles. The zero-order chi connectivity index (χ0) is 9.15. The lowest BCUT2D eigenvalue weighted by Crippen LogP contribution is -2.37. The second-order valence-corrected chi connectivity index (χ2v) is 6.37. The normalized spacial score (nSPS) is 56.2. The highest BCUT2D eigenvalue weighted by Gasteiger charge is 2.63. The molecule has 2 aliphatic rings. The van der Waals surface area contributed by atoms with Crippen LogP contribution in [0.5, 0.6) is 0 Å². The van der Waals surface area contributed by atoms with Gasteiger partial charge in [0.25, 0.3) is 0 Å². The fraction of sp³-hybridized carbons (Fsp3) is 1.00. The third kappa shape index (κ3) is 1.04. The number of thiol groups is 1. The van der Waals surface area contributed by atoms with Gasteiger partial charge in [-0.25, -0.2) is 0 Å². The molecule has 2 rings (SSSR count). The summed E-state index contributed by atoms with van der Waals surface area (Å²) in [5.41, 5.74) is 0.474. The van der Waals surface area contributed by atoms with Gasteiger partial charge in [0, 0.05) is 4.75 Å². The molecule has 0 aromatic heterocycles. The van der Waals surface area contributed by atoms with Gasteiger partial charge in [0.05, 0.1) is 6.10 Å². The van der Waals surface area contributed by atoms with Gasteiger partial charge in [-0.2, -0.15) is 12.6 Å². The Balaban J connectivity index is 2.14. The van der Waals surface area contributed by atoms with E-state index in [0.717, 1.165) is 24.7 Å². The second kappa shape index (κ2) is 2.21. The summed E-state index contributed by atoms with van der Waals surface area (Å²) in [6, 6.07) is 0. The van der Waals surface area contributed by atoms with Gasteiger partial charge < -0.3 is 5.11 Å². The summed E-state index contributed by atoms with van der Waals surface area (Å²) < 4.78 is -0.144. The van der Waals surface area contributed by atoms with Crippen molar-refractivity contribution in [3.05, 3.63) is 0 Å². The number of hydrogen-bond donors (Lipinski definition) is 2. The topological polar surface area (TPSA) is 20.2 Å². The standard InChI is InChI=1S/C10H18OS/c1-9(2)6-4-8(11)10(3,12)5-7(6)9/h6-8,11-12H,4-5H2,1-3H3/t6-,7+,8+,10-/m1/s1. The van der Waals surface area contributed by atoms with Crippen LogP contribution in [0.3, 0.4) is 0 Å². The maximum Gasteiger partial charge on any atom is 0.0684 e. The Morgan fingerprint density at radius 3 is 2.33 bits per heavy atom. The first-order chi connectivity index (χ1) is 5.36. The molecule has 2 saturated carbocycles. The molecule has 12 heavy (non-hydrogen) atoms. The molecule has 1 nitrogen and oxygen atoms in total. The van der Waals surface area contributed by atoms with Crippen LogP contribution in [-0.2, 0) is 0 Å². The summed E-state index contributed by atoms with van der Waals surface area (Å²) in [6.45, 7) is 6.68. The predicted molar refractivity (Wildman–Crippen MR) is 53.4 cm³/mol. The summed E-state index contributed by atoms with van der Waals surface area (Å²) in [6.07, 6.45) is 1.83. The maximum atomic E-state index is 9.79. The Bertz CT molecular complexity index is 210. The highest BCUT2D eigenvalue weighted by Crippen LogP contribution is 2.67. The monoisotopic (exact) mass is 186 g/mol. The minimum absolute atomic E-state index is 0.144. The molecule has 2 heteroatoms. The molecule has 2 fully saturated rings. The molecule has 0 radical (unpaired) electrons. The molecular formula is C10H18OS. The Morgan fingerprint density at radius 1 is 1.25 bits per heavy atom. The molecule has 4 atom stereocenters. The van der Waals surface area contributed by atoms with Crippen molar-refractivity contribution < 1.29 is 5.11 Å². The van der Waals surface area contributed by atoms with Gasteiger partial charge in [-0.3, -0.25) is 0 Å². The first-order valence-electron chi connectivity index (χ1n) is 4.76. The Kier molecular flexibility index (Phi) is 1.64. The first kappa shape index (κ1) is 8.89. The van der Waals surface area contributed by atoms with E-state index in [0.29, 0.717) is 5.41 Å². The lowest BCUT2D eigenvalue weighted by atomic mass is 9.87. The zero-order valence-corrected chi connectivity index (χ0v) is 8.94. The van der Waals surface area contributed by atoms with Gasteiger partial charge in [0.1, 0.15) is 0 Å². The quantitative estimate of drug-likeness (QED) is 0.555. The van der Waals surface area contributed by atoms with Crippen molar-refractivity contribution in [2.45, 2.75) is 44.5 Å². The van der Waals surface area contributed by atoms with Crippen LogP contribution in [0.4, 0.5) is 0 Å². The third-order valence-corrected chi connectivity index (χ3v) is 4.60. The van der Waals surface area contributed by atoms with Crippen LogP contribution in [0, 0.1) is 17.3 Å². The fourth-order valence-electron chi connectivity index (χ4n) is 2.81. The average molecular weight is 186 g/mol. The highest BCUT2D eigenvalue weighted by atomic mass is 32.1. The number of aliphatic hydroxyl groups excluding tert-OH is 1. The molecule has 70 valence electrons.